The van der Waals surface area contributed by atoms with E-state index in [2.05, 4.69) is 0 Å². The molecule has 0 aliphatic rings. The Morgan fingerprint density at radius 3 is 2.86 bits per heavy atom. The van der Waals surface area contributed by atoms with E-state index in [9.17, 15) is 5.11 Å². The molecule has 0 bridgehead atoms. The molecule has 1 aromatic carbocycles. The summed E-state index contributed by atoms with van der Waals surface area (Å²) in [6.07, 6.45) is 0.109. The Morgan fingerprint density at radius 1 is 1.50 bits per heavy atom. The van der Waals surface area contributed by atoms with Gasteiger partial charge in [0.1, 0.15) is 11.8 Å². The van der Waals surface area contributed by atoms with E-state index in [-0.39, 0.29) is 6.61 Å². The third kappa shape index (κ3) is 2.48. The van der Waals surface area contributed by atoms with Gasteiger partial charge in [0.05, 0.1) is 6.10 Å². The fourth-order valence-corrected chi connectivity index (χ4v) is 1.22. The quantitative estimate of drug-likeness (QED) is 0.792. The van der Waals surface area contributed by atoms with Crippen molar-refractivity contribution in [3.63, 3.8) is 0 Å². The maximum atomic E-state index is 9.65. The maximum Gasteiger partial charge on any atom is 0.174 e. The van der Waals surface area contributed by atoms with E-state index in [1.165, 1.54) is 0 Å². The van der Waals surface area contributed by atoms with Gasteiger partial charge in [-0.3, -0.25) is 0 Å². The molecular weight excluding hydrogens is 178 g/mol. The highest BCUT2D eigenvalue weighted by Crippen LogP contribution is 2.26. The molecular formula is C11H13NO2. The van der Waals surface area contributed by atoms with E-state index in [0.717, 1.165) is 5.56 Å². The van der Waals surface area contributed by atoms with Gasteiger partial charge in [0.25, 0.3) is 0 Å². The highest BCUT2D eigenvalue weighted by atomic mass is 16.5. The Balaban J connectivity index is 2.86. The van der Waals surface area contributed by atoms with Crippen LogP contribution in [-0.2, 0) is 0 Å². The summed E-state index contributed by atoms with van der Waals surface area (Å²) in [5, 5.41) is 18.0. The summed E-state index contributed by atoms with van der Waals surface area (Å²) < 4.78 is 5.19. The third-order valence-corrected chi connectivity index (χ3v) is 1.96. The lowest BCUT2D eigenvalue weighted by Crippen LogP contribution is -2.01. The second-order valence-corrected chi connectivity index (χ2v) is 2.91. The van der Waals surface area contributed by atoms with E-state index in [4.69, 9.17) is 10.00 Å². The van der Waals surface area contributed by atoms with Crippen molar-refractivity contribution in [3.05, 3.63) is 29.8 Å². The van der Waals surface area contributed by atoms with Crippen LogP contribution in [0.3, 0.4) is 0 Å². The van der Waals surface area contributed by atoms with Gasteiger partial charge in [0, 0.05) is 5.56 Å². The van der Waals surface area contributed by atoms with E-state index in [1.807, 2.05) is 25.1 Å². The molecule has 0 fully saturated rings. The second-order valence-electron chi connectivity index (χ2n) is 2.91. The Bertz CT molecular complexity index is 330. The molecule has 0 radical (unpaired) electrons. The number of aliphatic hydroxyl groups is 1. The highest BCUT2D eigenvalue weighted by Gasteiger charge is 2.10. The monoisotopic (exact) mass is 191 g/mol. The number of ether oxygens (including phenoxy) is 1. The molecule has 1 rings (SSSR count). The number of aliphatic hydroxyl groups excluding tert-OH is 1. The van der Waals surface area contributed by atoms with Gasteiger partial charge in [0.2, 0.25) is 0 Å². The van der Waals surface area contributed by atoms with Crippen LogP contribution < -0.4 is 4.74 Å². The Hall–Kier alpha value is -1.53. The van der Waals surface area contributed by atoms with Crippen molar-refractivity contribution in [2.24, 2.45) is 0 Å². The summed E-state index contributed by atoms with van der Waals surface area (Å²) in [5.41, 5.74) is 0.741. The standard InChI is InChI=1S/C11H13NO2/c1-2-10(13)9-5-3-4-6-11(9)14-8-7-12/h3-6,10,13H,2,8H2,1H3. The van der Waals surface area contributed by atoms with Crippen LogP contribution in [-0.4, -0.2) is 11.7 Å². The molecule has 0 aliphatic carbocycles. The lowest BCUT2D eigenvalue weighted by molar-refractivity contribution is 0.168. The molecule has 0 saturated heterocycles. The topological polar surface area (TPSA) is 53.2 Å². The summed E-state index contributed by atoms with van der Waals surface area (Å²) in [5.74, 6) is 0.586. The van der Waals surface area contributed by atoms with Crippen molar-refractivity contribution in [1.82, 2.24) is 0 Å². The van der Waals surface area contributed by atoms with Crippen LogP contribution in [0.25, 0.3) is 0 Å². The van der Waals surface area contributed by atoms with Gasteiger partial charge in [-0.25, -0.2) is 0 Å². The zero-order valence-corrected chi connectivity index (χ0v) is 8.10. The predicted molar refractivity (Wildman–Crippen MR) is 52.8 cm³/mol. The van der Waals surface area contributed by atoms with Gasteiger partial charge in [-0.1, -0.05) is 25.1 Å². The molecule has 74 valence electrons. The number of benzene rings is 1. The molecule has 0 aliphatic heterocycles. The van der Waals surface area contributed by atoms with E-state index in [1.54, 1.807) is 12.1 Å². The second kappa shape index (κ2) is 5.25. The van der Waals surface area contributed by atoms with Crippen molar-refractivity contribution in [2.45, 2.75) is 19.4 Å². The zero-order chi connectivity index (χ0) is 10.4. The van der Waals surface area contributed by atoms with Crippen LogP contribution in [0.15, 0.2) is 24.3 Å². The van der Waals surface area contributed by atoms with Crippen molar-refractivity contribution in [3.8, 4) is 11.8 Å². The normalized spacial score (nSPS) is 11.8. The van der Waals surface area contributed by atoms with E-state index < -0.39 is 6.10 Å². The van der Waals surface area contributed by atoms with Crippen molar-refractivity contribution in [1.29, 1.82) is 5.26 Å². The van der Waals surface area contributed by atoms with Gasteiger partial charge < -0.3 is 9.84 Å². The third-order valence-electron chi connectivity index (χ3n) is 1.96. The van der Waals surface area contributed by atoms with Crippen LogP contribution in [0, 0.1) is 11.3 Å². The summed E-state index contributed by atoms with van der Waals surface area (Å²) in [7, 11) is 0. The van der Waals surface area contributed by atoms with Gasteiger partial charge in [-0.2, -0.15) is 5.26 Å². The van der Waals surface area contributed by atoms with Crippen LogP contribution in [0.4, 0.5) is 0 Å². The first-order valence-corrected chi connectivity index (χ1v) is 4.56. The molecule has 0 saturated carbocycles. The largest absolute Gasteiger partial charge is 0.478 e. The molecule has 0 heterocycles. The van der Waals surface area contributed by atoms with E-state index in [0.29, 0.717) is 12.2 Å². The summed E-state index contributed by atoms with van der Waals surface area (Å²) in [6, 6.07) is 9.12. The van der Waals surface area contributed by atoms with Crippen LogP contribution in [0.5, 0.6) is 5.75 Å². The summed E-state index contributed by atoms with van der Waals surface area (Å²) >= 11 is 0. The first-order chi connectivity index (χ1) is 6.79. The minimum Gasteiger partial charge on any atom is -0.478 e. The molecule has 0 aromatic heterocycles. The zero-order valence-electron chi connectivity index (χ0n) is 8.10. The predicted octanol–water partition coefficient (Wildman–Crippen LogP) is 2.03. The molecule has 3 heteroatoms. The fraction of sp³-hybridized carbons (Fsp3) is 0.364. The molecule has 3 nitrogen and oxygen atoms in total. The first kappa shape index (κ1) is 10.6. The van der Waals surface area contributed by atoms with E-state index >= 15 is 0 Å². The number of para-hydroxylation sites is 1. The molecule has 1 aromatic rings. The fourth-order valence-electron chi connectivity index (χ4n) is 1.22. The van der Waals surface area contributed by atoms with Crippen molar-refractivity contribution in [2.75, 3.05) is 6.61 Å². The SMILES string of the molecule is CCC(O)c1ccccc1OCC#N. The van der Waals surface area contributed by atoms with Crippen molar-refractivity contribution >= 4 is 0 Å². The number of rotatable bonds is 4. The van der Waals surface area contributed by atoms with Crippen molar-refractivity contribution < 1.29 is 9.84 Å². The lowest BCUT2D eigenvalue weighted by Gasteiger charge is -2.12. The van der Waals surface area contributed by atoms with Crippen LogP contribution in [0.2, 0.25) is 0 Å². The molecule has 1 unspecified atom stereocenters. The average Bonchev–Trinajstić information content (AvgIpc) is 2.25. The van der Waals surface area contributed by atoms with Crippen LogP contribution in [0.1, 0.15) is 25.0 Å². The molecule has 14 heavy (non-hydrogen) atoms. The first-order valence-electron chi connectivity index (χ1n) is 4.56. The minimum atomic E-state index is -0.523. The number of nitriles is 1. The maximum absolute atomic E-state index is 9.65. The number of hydrogen-bond acceptors (Lipinski definition) is 3. The summed E-state index contributed by atoms with van der Waals surface area (Å²) in [6.45, 7) is 1.90. The number of hydrogen-bond donors (Lipinski definition) is 1. The number of nitrogens with zero attached hydrogens (tertiary/aromatic N) is 1. The van der Waals surface area contributed by atoms with Crippen LogP contribution >= 0.6 is 0 Å². The smallest absolute Gasteiger partial charge is 0.174 e. The minimum absolute atomic E-state index is 0.00739. The molecule has 0 amide bonds. The molecule has 1 atom stereocenters. The van der Waals surface area contributed by atoms with Gasteiger partial charge >= 0.3 is 0 Å². The molecule has 0 spiro atoms. The Kier molecular flexibility index (Phi) is 3.96. The Morgan fingerprint density at radius 2 is 2.21 bits per heavy atom. The summed E-state index contributed by atoms with van der Waals surface area (Å²) in [4.78, 5) is 0. The van der Waals surface area contributed by atoms with Gasteiger partial charge in [0.15, 0.2) is 6.61 Å². The average molecular weight is 191 g/mol. The van der Waals surface area contributed by atoms with Gasteiger partial charge in [-0.15, -0.1) is 0 Å². The highest BCUT2D eigenvalue weighted by molar-refractivity contribution is 5.35. The lowest BCUT2D eigenvalue weighted by atomic mass is 10.1. The Labute approximate surface area is 83.6 Å². The van der Waals surface area contributed by atoms with Gasteiger partial charge in [-0.05, 0) is 12.5 Å². The molecule has 1 N–H and O–H groups in total.